The molecule has 1 aliphatic rings. The number of carbonyl (C=O) groups excluding carboxylic acids is 2. The molecule has 2 aromatic carbocycles. The lowest BCUT2D eigenvalue weighted by atomic mass is 10.1. The van der Waals surface area contributed by atoms with Crippen LogP contribution >= 0.6 is 11.8 Å². The predicted molar refractivity (Wildman–Crippen MR) is 130 cm³/mol. The number of amides is 2. The lowest BCUT2D eigenvalue weighted by Gasteiger charge is -2.25. The maximum atomic E-state index is 13.5. The van der Waals surface area contributed by atoms with E-state index in [2.05, 4.69) is 15.5 Å². The van der Waals surface area contributed by atoms with Gasteiger partial charge in [-0.3, -0.25) is 9.59 Å². The molecule has 3 aromatic rings. The number of carbonyl (C=O) groups is 2. The highest BCUT2D eigenvalue weighted by Gasteiger charge is 2.35. The van der Waals surface area contributed by atoms with Crippen molar-refractivity contribution < 1.29 is 14.0 Å². The van der Waals surface area contributed by atoms with E-state index in [4.69, 9.17) is 0 Å². The van der Waals surface area contributed by atoms with E-state index < -0.39 is 5.82 Å². The van der Waals surface area contributed by atoms with Gasteiger partial charge in [-0.2, -0.15) is 0 Å². The van der Waals surface area contributed by atoms with Crippen LogP contribution in [0.4, 0.5) is 10.1 Å². The van der Waals surface area contributed by atoms with Crippen molar-refractivity contribution in [3.05, 3.63) is 70.8 Å². The van der Waals surface area contributed by atoms with E-state index in [1.807, 2.05) is 54.5 Å². The Balaban J connectivity index is 1.47. The van der Waals surface area contributed by atoms with E-state index in [-0.39, 0.29) is 23.6 Å². The van der Waals surface area contributed by atoms with E-state index >= 15 is 0 Å². The summed E-state index contributed by atoms with van der Waals surface area (Å²) in [5, 5.41) is 12.1. The molecule has 2 amide bonds. The fourth-order valence-corrected chi connectivity index (χ4v) is 5.05. The summed E-state index contributed by atoms with van der Waals surface area (Å²) in [5.41, 5.74) is 2.90. The fraction of sp³-hybridized carbons (Fsp3) is 0.360. The molecule has 34 heavy (non-hydrogen) atoms. The van der Waals surface area contributed by atoms with E-state index in [0.717, 1.165) is 29.8 Å². The van der Waals surface area contributed by atoms with Crippen molar-refractivity contribution in [1.82, 2.24) is 19.7 Å². The zero-order valence-electron chi connectivity index (χ0n) is 19.5. The normalized spacial score (nSPS) is 15.5. The van der Waals surface area contributed by atoms with Crippen LogP contribution in [0.15, 0.2) is 47.6 Å². The van der Waals surface area contributed by atoms with Crippen LogP contribution < -0.4 is 5.32 Å². The number of hydrogen-bond acceptors (Lipinski definition) is 5. The second kappa shape index (κ2) is 10.4. The van der Waals surface area contributed by atoms with E-state index in [1.54, 1.807) is 6.07 Å². The molecule has 178 valence electrons. The van der Waals surface area contributed by atoms with Crippen molar-refractivity contribution in [2.45, 2.75) is 51.4 Å². The number of likely N-dealkylation sites (tertiary alicyclic amines) is 1. The number of aromatic nitrogens is 3. The molecule has 2 heterocycles. The van der Waals surface area contributed by atoms with Gasteiger partial charge >= 0.3 is 0 Å². The van der Waals surface area contributed by atoms with Crippen molar-refractivity contribution in [3.63, 3.8) is 0 Å². The Morgan fingerprint density at radius 2 is 1.94 bits per heavy atom. The highest BCUT2D eigenvalue weighted by Crippen LogP contribution is 2.34. The summed E-state index contributed by atoms with van der Waals surface area (Å²) in [6, 6.07) is 11.8. The second-order valence-electron chi connectivity index (χ2n) is 8.35. The third-order valence-corrected chi connectivity index (χ3v) is 7.02. The van der Waals surface area contributed by atoms with Gasteiger partial charge in [0, 0.05) is 24.3 Å². The van der Waals surface area contributed by atoms with Crippen molar-refractivity contribution in [2.24, 2.45) is 0 Å². The number of anilines is 1. The van der Waals surface area contributed by atoms with Gasteiger partial charge in [0.1, 0.15) is 5.82 Å². The van der Waals surface area contributed by atoms with Gasteiger partial charge in [0.05, 0.1) is 11.8 Å². The molecule has 0 spiro atoms. The van der Waals surface area contributed by atoms with Crippen LogP contribution in [-0.2, 0) is 11.3 Å². The maximum absolute atomic E-state index is 13.5. The summed E-state index contributed by atoms with van der Waals surface area (Å²) in [7, 11) is 0. The number of halogens is 1. The molecule has 0 radical (unpaired) electrons. The summed E-state index contributed by atoms with van der Waals surface area (Å²) >= 11 is 1.28. The molecule has 9 heteroatoms. The van der Waals surface area contributed by atoms with Crippen molar-refractivity contribution in [2.75, 3.05) is 17.6 Å². The van der Waals surface area contributed by atoms with Crippen LogP contribution in [0.1, 0.15) is 53.1 Å². The van der Waals surface area contributed by atoms with Gasteiger partial charge in [0.2, 0.25) is 5.91 Å². The lowest BCUT2D eigenvalue weighted by molar-refractivity contribution is -0.113. The molecule has 1 aromatic heterocycles. The molecule has 1 fully saturated rings. The van der Waals surface area contributed by atoms with Crippen LogP contribution in [0, 0.1) is 19.7 Å². The molecule has 0 bridgehead atoms. The fourth-order valence-electron chi connectivity index (χ4n) is 4.24. The second-order valence-corrected chi connectivity index (χ2v) is 9.30. The van der Waals surface area contributed by atoms with E-state index in [0.29, 0.717) is 29.5 Å². The first kappa shape index (κ1) is 23.9. The first-order chi connectivity index (χ1) is 16.4. The Labute approximate surface area is 202 Å². The van der Waals surface area contributed by atoms with Gasteiger partial charge in [-0.1, -0.05) is 36.0 Å². The first-order valence-electron chi connectivity index (χ1n) is 11.4. The quantitative estimate of drug-likeness (QED) is 0.492. The highest BCUT2D eigenvalue weighted by atomic mass is 32.2. The van der Waals surface area contributed by atoms with Gasteiger partial charge in [0.25, 0.3) is 5.91 Å². The number of rotatable bonds is 7. The van der Waals surface area contributed by atoms with Crippen molar-refractivity contribution in [3.8, 4) is 0 Å². The minimum Gasteiger partial charge on any atom is -0.328 e. The van der Waals surface area contributed by atoms with Crippen LogP contribution in [0.3, 0.4) is 0 Å². The smallest absolute Gasteiger partial charge is 0.254 e. The zero-order valence-corrected chi connectivity index (χ0v) is 20.4. The summed E-state index contributed by atoms with van der Waals surface area (Å²) in [6.45, 7) is 7.05. The molecular weight excluding hydrogens is 453 g/mol. The largest absolute Gasteiger partial charge is 0.328 e. The number of nitrogens with one attached hydrogen (secondary N) is 1. The van der Waals surface area contributed by atoms with Gasteiger partial charge in [-0.05, 0) is 62.9 Å². The minimum absolute atomic E-state index is 0.00490. The third kappa shape index (κ3) is 4.99. The standard InChI is InChI=1S/C25H28FN5O2S/c1-4-30-23(21-10-7-13-31(21)24(33)19-9-6-5-8-16(19)2)28-29-25(30)34-15-22(32)27-20-14-18(26)12-11-17(20)3/h5-6,8-9,11-12,14,21H,4,7,10,13,15H2,1-3H3,(H,27,32). The summed E-state index contributed by atoms with van der Waals surface area (Å²) in [6.07, 6.45) is 1.72. The average molecular weight is 482 g/mol. The molecule has 7 nitrogen and oxygen atoms in total. The summed E-state index contributed by atoms with van der Waals surface area (Å²) in [5.74, 6) is 0.217. The van der Waals surface area contributed by atoms with E-state index in [9.17, 15) is 14.0 Å². The van der Waals surface area contributed by atoms with Gasteiger partial charge in [-0.15, -0.1) is 10.2 Å². The zero-order chi connectivity index (χ0) is 24.2. The highest BCUT2D eigenvalue weighted by molar-refractivity contribution is 7.99. The molecule has 1 saturated heterocycles. The number of thioether (sulfide) groups is 1. The Bertz CT molecular complexity index is 1210. The number of nitrogens with zero attached hydrogens (tertiary/aromatic N) is 4. The SMILES string of the molecule is CCn1c(SCC(=O)Nc2cc(F)ccc2C)nnc1C1CCCN1C(=O)c1ccccc1C. The maximum Gasteiger partial charge on any atom is 0.254 e. The molecule has 0 saturated carbocycles. The minimum atomic E-state index is -0.398. The Morgan fingerprint density at radius 3 is 2.71 bits per heavy atom. The van der Waals surface area contributed by atoms with E-state index in [1.165, 1.54) is 23.9 Å². The van der Waals surface area contributed by atoms with Gasteiger partial charge in [-0.25, -0.2) is 4.39 Å². The Kier molecular flexibility index (Phi) is 7.31. The van der Waals surface area contributed by atoms with Crippen LogP contribution in [0.25, 0.3) is 0 Å². The topological polar surface area (TPSA) is 80.1 Å². The molecule has 1 aliphatic heterocycles. The average Bonchev–Trinajstić information content (AvgIpc) is 3.46. The van der Waals surface area contributed by atoms with Crippen LogP contribution in [0.2, 0.25) is 0 Å². The van der Waals surface area contributed by atoms with Crippen molar-refractivity contribution in [1.29, 1.82) is 0 Å². The number of benzene rings is 2. The summed E-state index contributed by atoms with van der Waals surface area (Å²) in [4.78, 5) is 27.6. The molecular formula is C25H28FN5O2S. The van der Waals surface area contributed by atoms with Gasteiger partial charge < -0.3 is 14.8 Å². The molecule has 0 aliphatic carbocycles. The molecule has 1 atom stereocenters. The van der Waals surface area contributed by atoms with Crippen LogP contribution in [-0.4, -0.2) is 43.8 Å². The van der Waals surface area contributed by atoms with Gasteiger partial charge in [0.15, 0.2) is 11.0 Å². The third-order valence-electron chi connectivity index (χ3n) is 6.05. The molecule has 1 N–H and O–H groups in total. The Morgan fingerprint density at radius 1 is 1.15 bits per heavy atom. The monoisotopic (exact) mass is 481 g/mol. The van der Waals surface area contributed by atoms with Crippen molar-refractivity contribution >= 4 is 29.3 Å². The number of hydrogen-bond donors (Lipinski definition) is 1. The molecule has 1 unspecified atom stereocenters. The first-order valence-corrected chi connectivity index (χ1v) is 12.4. The lowest BCUT2D eigenvalue weighted by Crippen LogP contribution is -2.32. The Hall–Kier alpha value is -3.20. The number of aryl methyl sites for hydroxylation is 2. The summed E-state index contributed by atoms with van der Waals surface area (Å²) < 4.78 is 15.5. The predicted octanol–water partition coefficient (Wildman–Crippen LogP) is 4.76. The molecule has 4 rings (SSSR count). The van der Waals surface area contributed by atoms with Crippen LogP contribution in [0.5, 0.6) is 0 Å².